The number of hydrogen-bond donors (Lipinski definition) is 0. The molecule has 0 saturated carbocycles. The van der Waals surface area contributed by atoms with Gasteiger partial charge in [-0.1, -0.05) is 0 Å². The van der Waals surface area contributed by atoms with E-state index in [0.717, 1.165) is 5.56 Å². The average Bonchev–Trinajstić information content (AvgIpc) is 2.29. The summed E-state index contributed by atoms with van der Waals surface area (Å²) < 4.78 is 26.2. The van der Waals surface area contributed by atoms with Crippen LogP contribution in [-0.4, -0.2) is 14.2 Å². The van der Waals surface area contributed by atoms with Crippen LogP contribution in [0.25, 0.3) is 0 Å². The van der Waals surface area contributed by atoms with Crippen molar-refractivity contribution in [2.45, 2.75) is 13.3 Å². The van der Waals surface area contributed by atoms with E-state index in [2.05, 4.69) is 0 Å². The summed E-state index contributed by atoms with van der Waals surface area (Å²) in [6.45, 7) is 1.86. The lowest BCUT2D eigenvalue weighted by molar-refractivity contribution is 0.512. The minimum atomic E-state index is -3.40. The standard InChI is InChI=1S/C7H9ClO3S/c1-6-2-4-11-7(6)3-5-12(8,9)10/h2,4H,3,5H2,1H3. The second-order valence-electron chi connectivity index (χ2n) is 2.52. The first-order valence-corrected chi connectivity index (χ1v) is 5.92. The van der Waals surface area contributed by atoms with Gasteiger partial charge in [-0.3, -0.25) is 0 Å². The zero-order valence-electron chi connectivity index (χ0n) is 6.58. The molecule has 0 aliphatic heterocycles. The summed E-state index contributed by atoms with van der Waals surface area (Å²) in [6, 6.07) is 1.79. The van der Waals surface area contributed by atoms with E-state index in [1.807, 2.05) is 6.92 Å². The van der Waals surface area contributed by atoms with Crippen LogP contribution < -0.4 is 0 Å². The summed E-state index contributed by atoms with van der Waals surface area (Å²) >= 11 is 0. The normalized spacial score (nSPS) is 11.8. The minimum Gasteiger partial charge on any atom is -0.469 e. The zero-order valence-corrected chi connectivity index (χ0v) is 8.15. The third-order valence-electron chi connectivity index (χ3n) is 1.54. The van der Waals surface area contributed by atoms with E-state index in [9.17, 15) is 8.42 Å². The monoisotopic (exact) mass is 208 g/mol. The molecule has 0 saturated heterocycles. The highest BCUT2D eigenvalue weighted by Crippen LogP contribution is 2.11. The van der Waals surface area contributed by atoms with Gasteiger partial charge in [0.05, 0.1) is 12.0 Å². The van der Waals surface area contributed by atoms with Gasteiger partial charge in [-0.25, -0.2) is 8.42 Å². The summed E-state index contributed by atoms with van der Waals surface area (Å²) in [7, 11) is 1.63. The molecule has 12 heavy (non-hydrogen) atoms. The van der Waals surface area contributed by atoms with Crippen LogP contribution in [-0.2, 0) is 15.5 Å². The maximum Gasteiger partial charge on any atom is 0.233 e. The Kier molecular flexibility index (Phi) is 2.80. The van der Waals surface area contributed by atoms with Gasteiger partial charge in [0.2, 0.25) is 9.05 Å². The van der Waals surface area contributed by atoms with Crippen LogP contribution in [0.3, 0.4) is 0 Å². The molecule has 68 valence electrons. The van der Waals surface area contributed by atoms with Crippen LogP contribution >= 0.6 is 10.7 Å². The molecule has 5 heteroatoms. The predicted octanol–water partition coefficient (Wildman–Crippen LogP) is 1.70. The first kappa shape index (κ1) is 9.61. The highest BCUT2D eigenvalue weighted by molar-refractivity contribution is 8.13. The van der Waals surface area contributed by atoms with Gasteiger partial charge in [0.1, 0.15) is 5.76 Å². The Morgan fingerprint density at radius 2 is 2.25 bits per heavy atom. The van der Waals surface area contributed by atoms with Gasteiger partial charge in [0, 0.05) is 17.1 Å². The van der Waals surface area contributed by atoms with Crippen molar-refractivity contribution < 1.29 is 12.8 Å². The van der Waals surface area contributed by atoms with E-state index < -0.39 is 9.05 Å². The fraction of sp³-hybridized carbons (Fsp3) is 0.429. The molecule has 0 N–H and O–H groups in total. The maximum absolute atomic E-state index is 10.6. The topological polar surface area (TPSA) is 47.3 Å². The Morgan fingerprint density at radius 3 is 2.67 bits per heavy atom. The van der Waals surface area contributed by atoms with E-state index in [0.29, 0.717) is 12.2 Å². The van der Waals surface area contributed by atoms with Crippen molar-refractivity contribution in [2.75, 3.05) is 5.75 Å². The SMILES string of the molecule is Cc1ccoc1CCS(=O)(=O)Cl. The molecule has 0 unspecified atom stereocenters. The molecule has 0 aliphatic carbocycles. The third kappa shape index (κ3) is 2.87. The fourth-order valence-corrected chi connectivity index (χ4v) is 1.54. The van der Waals surface area contributed by atoms with E-state index in [1.165, 1.54) is 6.26 Å². The van der Waals surface area contributed by atoms with Gasteiger partial charge in [0.25, 0.3) is 0 Å². The Bertz CT molecular complexity index is 352. The number of furan rings is 1. The van der Waals surface area contributed by atoms with Crippen molar-refractivity contribution in [1.29, 1.82) is 0 Å². The molecule has 0 bridgehead atoms. The molecule has 0 aromatic carbocycles. The molecule has 1 aromatic heterocycles. The lowest BCUT2D eigenvalue weighted by Gasteiger charge is -1.94. The van der Waals surface area contributed by atoms with Crippen LogP contribution in [0.5, 0.6) is 0 Å². The molecule has 0 spiro atoms. The molecule has 1 rings (SSSR count). The lowest BCUT2D eigenvalue weighted by atomic mass is 10.2. The lowest BCUT2D eigenvalue weighted by Crippen LogP contribution is -2.00. The van der Waals surface area contributed by atoms with Crippen LogP contribution in [0.1, 0.15) is 11.3 Å². The van der Waals surface area contributed by atoms with Crippen molar-refractivity contribution >= 4 is 19.7 Å². The van der Waals surface area contributed by atoms with E-state index >= 15 is 0 Å². The number of rotatable bonds is 3. The zero-order chi connectivity index (χ0) is 9.19. The summed E-state index contributed by atoms with van der Waals surface area (Å²) in [5, 5.41) is 0. The van der Waals surface area contributed by atoms with Crippen LogP contribution in [0, 0.1) is 6.92 Å². The van der Waals surface area contributed by atoms with Gasteiger partial charge < -0.3 is 4.42 Å². The third-order valence-corrected chi connectivity index (χ3v) is 2.70. The molecule has 1 heterocycles. The van der Waals surface area contributed by atoms with Gasteiger partial charge >= 0.3 is 0 Å². The Morgan fingerprint density at radius 1 is 1.58 bits per heavy atom. The van der Waals surface area contributed by atoms with Crippen LogP contribution in [0.4, 0.5) is 0 Å². The number of halogens is 1. The van der Waals surface area contributed by atoms with Crippen molar-refractivity contribution in [3.8, 4) is 0 Å². The molecule has 3 nitrogen and oxygen atoms in total. The molecular weight excluding hydrogens is 200 g/mol. The summed E-state index contributed by atoms with van der Waals surface area (Å²) in [4.78, 5) is 0. The molecule has 0 amide bonds. The second-order valence-corrected chi connectivity index (χ2v) is 5.42. The van der Waals surface area contributed by atoms with Crippen molar-refractivity contribution in [3.63, 3.8) is 0 Å². The van der Waals surface area contributed by atoms with Gasteiger partial charge in [-0.15, -0.1) is 0 Å². The van der Waals surface area contributed by atoms with Crippen LogP contribution in [0.2, 0.25) is 0 Å². The molecule has 0 aliphatic rings. The highest BCUT2D eigenvalue weighted by Gasteiger charge is 2.08. The average molecular weight is 209 g/mol. The molecule has 1 aromatic rings. The van der Waals surface area contributed by atoms with E-state index in [1.54, 1.807) is 6.07 Å². The number of hydrogen-bond acceptors (Lipinski definition) is 3. The van der Waals surface area contributed by atoms with Gasteiger partial charge in [0.15, 0.2) is 0 Å². The first-order valence-electron chi connectivity index (χ1n) is 3.44. The summed E-state index contributed by atoms with van der Waals surface area (Å²) in [5.41, 5.74) is 0.954. The van der Waals surface area contributed by atoms with Crippen LogP contribution in [0.15, 0.2) is 16.7 Å². The fourth-order valence-electron chi connectivity index (χ4n) is 0.875. The van der Waals surface area contributed by atoms with Crippen molar-refractivity contribution in [2.24, 2.45) is 0 Å². The Balaban J connectivity index is 2.61. The maximum atomic E-state index is 10.6. The largest absolute Gasteiger partial charge is 0.469 e. The molecule has 0 radical (unpaired) electrons. The first-order chi connectivity index (χ1) is 5.49. The van der Waals surface area contributed by atoms with Gasteiger partial charge in [-0.2, -0.15) is 0 Å². The summed E-state index contributed by atoms with van der Waals surface area (Å²) in [6.07, 6.45) is 1.87. The van der Waals surface area contributed by atoms with Crippen molar-refractivity contribution in [3.05, 3.63) is 23.7 Å². The van der Waals surface area contributed by atoms with Crippen molar-refractivity contribution in [1.82, 2.24) is 0 Å². The highest BCUT2D eigenvalue weighted by atomic mass is 35.7. The smallest absolute Gasteiger partial charge is 0.233 e. The molecule has 0 fully saturated rings. The van der Waals surface area contributed by atoms with E-state index in [4.69, 9.17) is 15.1 Å². The molecule has 0 atom stereocenters. The summed E-state index contributed by atoms with van der Waals surface area (Å²) in [5.74, 6) is 0.599. The number of aryl methyl sites for hydroxylation is 2. The molecular formula is C7H9ClO3S. The Hall–Kier alpha value is -0.480. The second kappa shape index (κ2) is 3.49. The van der Waals surface area contributed by atoms with Gasteiger partial charge in [-0.05, 0) is 18.6 Å². The quantitative estimate of drug-likeness (QED) is 0.711. The Labute approximate surface area is 75.8 Å². The predicted molar refractivity (Wildman–Crippen MR) is 46.8 cm³/mol. The minimum absolute atomic E-state index is 0.0804. The van der Waals surface area contributed by atoms with E-state index in [-0.39, 0.29) is 5.75 Å².